The SMILES string of the molecule is O=C(CCc1cccc2ccccc12)Nc1ccccc1C(=O)c1ccccc1. The first kappa shape index (κ1) is 18.6. The molecule has 3 heteroatoms. The lowest BCUT2D eigenvalue weighted by atomic mass is 10.00. The van der Waals surface area contributed by atoms with E-state index in [1.54, 1.807) is 24.3 Å². The third-order valence-electron chi connectivity index (χ3n) is 4.98. The van der Waals surface area contributed by atoms with Gasteiger partial charge in [0, 0.05) is 17.5 Å². The molecule has 3 nitrogen and oxygen atoms in total. The second kappa shape index (κ2) is 8.53. The van der Waals surface area contributed by atoms with Crippen molar-refractivity contribution in [3.05, 3.63) is 114 Å². The van der Waals surface area contributed by atoms with Gasteiger partial charge in [-0.25, -0.2) is 0 Å². The molecule has 4 aromatic rings. The topological polar surface area (TPSA) is 46.2 Å². The molecule has 0 fully saturated rings. The molecule has 0 unspecified atom stereocenters. The van der Waals surface area contributed by atoms with Crippen molar-refractivity contribution in [2.75, 3.05) is 5.32 Å². The van der Waals surface area contributed by atoms with E-state index in [1.807, 2.05) is 48.5 Å². The average molecular weight is 379 g/mol. The molecule has 29 heavy (non-hydrogen) atoms. The largest absolute Gasteiger partial charge is 0.325 e. The molecule has 0 atom stereocenters. The van der Waals surface area contributed by atoms with E-state index < -0.39 is 0 Å². The maximum absolute atomic E-state index is 12.8. The lowest BCUT2D eigenvalue weighted by Crippen LogP contribution is -2.15. The van der Waals surface area contributed by atoms with Gasteiger partial charge in [-0.1, -0.05) is 84.9 Å². The maximum atomic E-state index is 12.8. The zero-order valence-corrected chi connectivity index (χ0v) is 16.0. The number of hydrogen-bond acceptors (Lipinski definition) is 2. The molecule has 142 valence electrons. The third-order valence-corrected chi connectivity index (χ3v) is 4.98. The highest BCUT2D eigenvalue weighted by Gasteiger charge is 2.15. The molecule has 0 aliphatic rings. The smallest absolute Gasteiger partial charge is 0.224 e. The van der Waals surface area contributed by atoms with Crippen LogP contribution in [0.3, 0.4) is 0 Å². The van der Waals surface area contributed by atoms with Gasteiger partial charge in [-0.2, -0.15) is 0 Å². The molecule has 0 aliphatic carbocycles. The van der Waals surface area contributed by atoms with Gasteiger partial charge in [0.1, 0.15) is 0 Å². The Morgan fingerprint density at radius 3 is 2.24 bits per heavy atom. The lowest BCUT2D eigenvalue weighted by molar-refractivity contribution is -0.116. The van der Waals surface area contributed by atoms with Gasteiger partial charge >= 0.3 is 0 Å². The number of aryl methyl sites for hydroxylation is 1. The second-order valence-electron chi connectivity index (χ2n) is 6.93. The average Bonchev–Trinajstić information content (AvgIpc) is 2.78. The summed E-state index contributed by atoms with van der Waals surface area (Å²) in [5.41, 5.74) is 2.79. The van der Waals surface area contributed by atoms with Crippen molar-refractivity contribution in [3.8, 4) is 0 Å². The molecule has 0 saturated heterocycles. The molecule has 0 spiro atoms. The van der Waals surface area contributed by atoms with Gasteiger partial charge in [-0.05, 0) is 34.9 Å². The Labute approximate surface area is 170 Å². The van der Waals surface area contributed by atoms with Crippen LogP contribution in [0.25, 0.3) is 10.8 Å². The molecule has 0 heterocycles. The normalized spacial score (nSPS) is 10.6. The van der Waals surface area contributed by atoms with Gasteiger partial charge in [-0.15, -0.1) is 0 Å². The van der Waals surface area contributed by atoms with Crippen molar-refractivity contribution in [3.63, 3.8) is 0 Å². The van der Waals surface area contributed by atoms with Gasteiger partial charge in [-0.3, -0.25) is 9.59 Å². The summed E-state index contributed by atoms with van der Waals surface area (Å²) in [6.07, 6.45) is 0.990. The van der Waals surface area contributed by atoms with Crippen molar-refractivity contribution >= 4 is 28.2 Å². The van der Waals surface area contributed by atoms with Crippen LogP contribution in [0, 0.1) is 0 Å². The highest BCUT2D eigenvalue weighted by molar-refractivity contribution is 6.13. The van der Waals surface area contributed by atoms with Gasteiger partial charge in [0.05, 0.1) is 5.69 Å². The Balaban J connectivity index is 1.48. The van der Waals surface area contributed by atoms with Gasteiger partial charge < -0.3 is 5.32 Å². The van der Waals surface area contributed by atoms with E-state index in [2.05, 4.69) is 29.6 Å². The van der Waals surface area contributed by atoms with Crippen LogP contribution in [0.4, 0.5) is 5.69 Å². The van der Waals surface area contributed by atoms with E-state index in [1.165, 1.54) is 10.8 Å². The van der Waals surface area contributed by atoms with E-state index in [4.69, 9.17) is 0 Å². The number of carbonyl (C=O) groups is 2. The van der Waals surface area contributed by atoms with Crippen LogP contribution >= 0.6 is 0 Å². The number of carbonyl (C=O) groups excluding carboxylic acids is 2. The van der Waals surface area contributed by atoms with Crippen molar-refractivity contribution in [2.45, 2.75) is 12.8 Å². The summed E-state index contributed by atoms with van der Waals surface area (Å²) in [4.78, 5) is 25.4. The van der Waals surface area contributed by atoms with E-state index in [9.17, 15) is 9.59 Å². The minimum absolute atomic E-state index is 0.101. The zero-order chi connectivity index (χ0) is 20.1. The summed E-state index contributed by atoms with van der Waals surface area (Å²) in [6.45, 7) is 0. The summed E-state index contributed by atoms with van der Waals surface area (Å²) in [5, 5.41) is 5.26. The van der Waals surface area contributed by atoms with E-state index in [0.717, 1.165) is 5.56 Å². The van der Waals surface area contributed by atoms with Crippen molar-refractivity contribution in [1.29, 1.82) is 0 Å². The van der Waals surface area contributed by atoms with E-state index in [0.29, 0.717) is 29.7 Å². The van der Waals surface area contributed by atoms with Gasteiger partial charge in [0.2, 0.25) is 5.91 Å². The molecule has 0 bridgehead atoms. The summed E-state index contributed by atoms with van der Waals surface area (Å²) >= 11 is 0. The standard InChI is InChI=1S/C26H21NO2/c28-25(18-17-20-13-8-12-19-9-4-5-14-22(19)20)27-24-16-7-6-15-23(24)26(29)21-10-2-1-3-11-21/h1-16H,17-18H2,(H,27,28). The minimum atomic E-state index is -0.105. The number of amides is 1. The molecule has 0 aromatic heterocycles. The lowest BCUT2D eigenvalue weighted by Gasteiger charge is -2.11. The Morgan fingerprint density at radius 2 is 1.38 bits per heavy atom. The van der Waals surface area contributed by atoms with E-state index in [-0.39, 0.29) is 11.7 Å². The van der Waals surface area contributed by atoms with Crippen LogP contribution in [0.2, 0.25) is 0 Å². The fourth-order valence-corrected chi connectivity index (χ4v) is 3.51. The Bertz CT molecular complexity index is 1160. The molecule has 0 saturated carbocycles. The summed E-state index contributed by atoms with van der Waals surface area (Å²) in [7, 11) is 0. The third kappa shape index (κ3) is 4.25. The Hall–Kier alpha value is -3.72. The highest BCUT2D eigenvalue weighted by atomic mass is 16.1. The predicted octanol–water partition coefficient (Wildman–Crippen LogP) is 5.64. The first-order valence-electron chi connectivity index (χ1n) is 9.67. The van der Waals surface area contributed by atoms with Crippen LogP contribution in [0.5, 0.6) is 0 Å². The van der Waals surface area contributed by atoms with Crippen LogP contribution in [0.15, 0.2) is 97.1 Å². The number of nitrogens with one attached hydrogen (secondary N) is 1. The molecular formula is C26H21NO2. The van der Waals surface area contributed by atoms with Crippen molar-refractivity contribution in [2.24, 2.45) is 0 Å². The number of ketones is 1. The van der Waals surface area contributed by atoms with Gasteiger partial charge in [0.25, 0.3) is 0 Å². The van der Waals surface area contributed by atoms with Crippen LogP contribution in [-0.4, -0.2) is 11.7 Å². The van der Waals surface area contributed by atoms with Crippen LogP contribution in [-0.2, 0) is 11.2 Å². The number of fused-ring (bicyclic) bond motifs is 1. The maximum Gasteiger partial charge on any atom is 0.224 e. The molecule has 4 rings (SSSR count). The molecule has 0 aliphatic heterocycles. The summed E-state index contributed by atoms with van der Waals surface area (Å²) in [6, 6.07) is 30.6. The fraction of sp³-hybridized carbons (Fsp3) is 0.0769. The number of anilines is 1. The Morgan fingerprint density at radius 1 is 0.690 bits per heavy atom. The number of rotatable bonds is 6. The molecule has 0 radical (unpaired) electrons. The molecular weight excluding hydrogens is 358 g/mol. The van der Waals surface area contributed by atoms with Crippen molar-refractivity contribution in [1.82, 2.24) is 0 Å². The summed E-state index contributed by atoms with van der Waals surface area (Å²) < 4.78 is 0. The summed E-state index contributed by atoms with van der Waals surface area (Å²) in [5.74, 6) is -0.207. The Kier molecular flexibility index (Phi) is 5.48. The first-order chi connectivity index (χ1) is 14.2. The zero-order valence-electron chi connectivity index (χ0n) is 16.0. The quantitative estimate of drug-likeness (QED) is 0.441. The van der Waals surface area contributed by atoms with Gasteiger partial charge in [0.15, 0.2) is 5.78 Å². The van der Waals surface area contributed by atoms with Crippen LogP contribution in [0.1, 0.15) is 27.9 Å². The van der Waals surface area contributed by atoms with Crippen LogP contribution < -0.4 is 5.32 Å². The molecule has 1 N–H and O–H groups in total. The monoisotopic (exact) mass is 379 g/mol. The second-order valence-corrected chi connectivity index (χ2v) is 6.93. The number of benzene rings is 4. The predicted molar refractivity (Wildman–Crippen MR) is 117 cm³/mol. The fourth-order valence-electron chi connectivity index (χ4n) is 3.51. The number of para-hydroxylation sites is 1. The number of hydrogen-bond donors (Lipinski definition) is 1. The molecule has 1 amide bonds. The van der Waals surface area contributed by atoms with Crippen molar-refractivity contribution < 1.29 is 9.59 Å². The van der Waals surface area contributed by atoms with E-state index >= 15 is 0 Å². The minimum Gasteiger partial charge on any atom is -0.325 e. The highest BCUT2D eigenvalue weighted by Crippen LogP contribution is 2.22. The molecule has 4 aromatic carbocycles. The first-order valence-corrected chi connectivity index (χ1v) is 9.67.